The van der Waals surface area contributed by atoms with E-state index in [-0.39, 0.29) is 6.10 Å². The summed E-state index contributed by atoms with van der Waals surface area (Å²) in [5, 5.41) is 0. The minimum atomic E-state index is -0.775. The van der Waals surface area contributed by atoms with Gasteiger partial charge in [0.25, 0.3) is 0 Å². The molecule has 114 valence electrons. The van der Waals surface area contributed by atoms with Crippen LogP contribution in [0, 0.1) is 0 Å². The molecule has 2 aromatic carbocycles. The molecule has 0 aliphatic rings. The highest BCUT2D eigenvalue weighted by atomic mass is 16.6. The van der Waals surface area contributed by atoms with Crippen molar-refractivity contribution in [2.75, 3.05) is 6.61 Å². The fourth-order valence-electron chi connectivity index (χ4n) is 2.01. The van der Waals surface area contributed by atoms with E-state index < -0.39 is 6.09 Å². The fraction of sp³-hybridized carbons (Fsp3) is 0.167. The average molecular weight is 297 g/mol. The van der Waals surface area contributed by atoms with Crippen LogP contribution in [0.4, 0.5) is 4.79 Å². The van der Waals surface area contributed by atoms with E-state index in [1.807, 2.05) is 72.8 Å². The van der Waals surface area contributed by atoms with Crippen LogP contribution in [0.1, 0.15) is 18.1 Å². The van der Waals surface area contributed by atoms with Crippen molar-refractivity contribution in [2.45, 2.75) is 12.5 Å². The van der Waals surface area contributed by atoms with Crippen LogP contribution in [-0.4, -0.2) is 12.7 Å². The summed E-state index contributed by atoms with van der Waals surface area (Å²) < 4.78 is 10.7. The second kappa shape index (κ2) is 8.52. The van der Waals surface area contributed by atoms with Crippen LogP contribution in [0.3, 0.4) is 0 Å². The number of nitrogens with two attached hydrogens (primary N) is 1. The van der Waals surface area contributed by atoms with Crippen molar-refractivity contribution < 1.29 is 14.3 Å². The van der Waals surface area contributed by atoms with Gasteiger partial charge in [-0.05, 0) is 17.7 Å². The van der Waals surface area contributed by atoms with Gasteiger partial charge in [0.15, 0.2) is 0 Å². The third-order valence-corrected chi connectivity index (χ3v) is 3.04. The van der Waals surface area contributed by atoms with Gasteiger partial charge in [-0.3, -0.25) is 0 Å². The van der Waals surface area contributed by atoms with Gasteiger partial charge in [0.1, 0.15) is 18.5 Å². The fourth-order valence-corrected chi connectivity index (χ4v) is 2.01. The Labute approximate surface area is 130 Å². The van der Waals surface area contributed by atoms with Gasteiger partial charge in [-0.2, -0.15) is 0 Å². The number of hydrogen-bond donors (Lipinski definition) is 1. The highest BCUT2D eigenvalue weighted by Gasteiger charge is 2.12. The molecule has 0 bridgehead atoms. The van der Waals surface area contributed by atoms with Crippen molar-refractivity contribution in [1.29, 1.82) is 0 Å². The lowest BCUT2D eigenvalue weighted by Crippen LogP contribution is -2.17. The quantitative estimate of drug-likeness (QED) is 0.790. The molecular weight excluding hydrogens is 278 g/mol. The molecule has 0 fully saturated rings. The van der Waals surface area contributed by atoms with Crippen molar-refractivity contribution in [3.05, 3.63) is 78.4 Å². The third-order valence-electron chi connectivity index (χ3n) is 3.04. The van der Waals surface area contributed by atoms with E-state index in [4.69, 9.17) is 15.2 Å². The summed E-state index contributed by atoms with van der Waals surface area (Å²) in [4.78, 5) is 11.0. The maximum absolute atomic E-state index is 11.0. The second-order valence-electron chi connectivity index (χ2n) is 4.67. The molecule has 0 heterocycles. The first-order valence-corrected chi connectivity index (χ1v) is 7.09. The lowest BCUT2D eigenvalue weighted by molar-refractivity contribution is 0.108. The van der Waals surface area contributed by atoms with Gasteiger partial charge in [-0.15, -0.1) is 0 Å². The number of ether oxygens (including phenoxy) is 2. The molecule has 2 rings (SSSR count). The zero-order valence-corrected chi connectivity index (χ0v) is 12.2. The molecule has 0 radical (unpaired) electrons. The summed E-state index contributed by atoms with van der Waals surface area (Å²) in [5.74, 6) is 0.820. The Morgan fingerprint density at radius 3 is 2.27 bits per heavy atom. The molecule has 0 aliphatic heterocycles. The number of amides is 1. The van der Waals surface area contributed by atoms with Gasteiger partial charge >= 0.3 is 6.09 Å². The Balaban J connectivity index is 1.85. The van der Waals surface area contributed by atoms with Crippen LogP contribution >= 0.6 is 0 Å². The molecular formula is C18H19NO3. The Morgan fingerprint density at radius 1 is 1.00 bits per heavy atom. The third kappa shape index (κ3) is 5.32. The molecule has 4 heteroatoms. The molecule has 4 nitrogen and oxygen atoms in total. The first-order chi connectivity index (χ1) is 10.8. The molecule has 22 heavy (non-hydrogen) atoms. The number of hydrogen-bond acceptors (Lipinski definition) is 3. The van der Waals surface area contributed by atoms with Crippen LogP contribution in [-0.2, 0) is 4.74 Å². The first-order valence-electron chi connectivity index (χ1n) is 7.09. The van der Waals surface area contributed by atoms with Gasteiger partial charge in [0.05, 0.1) is 0 Å². The first kappa shape index (κ1) is 15.6. The molecule has 0 spiro atoms. The van der Waals surface area contributed by atoms with Crippen molar-refractivity contribution in [3.63, 3.8) is 0 Å². The summed E-state index contributed by atoms with van der Waals surface area (Å²) in [5.41, 5.74) is 6.04. The SMILES string of the molecule is NC(=O)OC(CC=CCOc1ccccc1)c1ccccc1. The largest absolute Gasteiger partial charge is 0.490 e. The predicted octanol–water partition coefficient (Wildman–Crippen LogP) is 3.85. The van der Waals surface area contributed by atoms with E-state index in [2.05, 4.69) is 0 Å². The summed E-state index contributed by atoms with van der Waals surface area (Å²) >= 11 is 0. The number of carbonyl (C=O) groups excluding carboxylic acids is 1. The van der Waals surface area contributed by atoms with Crippen LogP contribution in [0.5, 0.6) is 5.75 Å². The highest BCUT2D eigenvalue weighted by Crippen LogP contribution is 2.21. The second-order valence-corrected chi connectivity index (χ2v) is 4.67. The number of para-hydroxylation sites is 1. The maximum Gasteiger partial charge on any atom is 0.405 e. The van der Waals surface area contributed by atoms with E-state index >= 15 is 0 Å². The van der Waals surface area contributed by atoms with E-state index in [9.17, 15) is 4.79 Å². The summed E-state index contributed by atoms with van der Waals surface area (Å²) in [6, 6.07) is 19.1. The molecule has 1 atom stereocenters. The number of rotatable bonds is 7. The van der Waals surface area contributed by atoms with Crippen LogP contribution in [0.15, 0.2) is 72.8 Å². The lowest BCUT2D eigenvalue weighted by Gasteiger charge is -2.15. The Kier molecular flexibility index (Phi) is 6.05. The van der Waals surface area contributed by atoms with E-state index in [0.29, 0.717) is 13.0 Å². The Hall–Kier alpha value is -2.75. The van der Waals surface area contributed by atoms with Crippen LogP contribution < -0.4 is 10.5 Å². The number of carbonyl (C=O) groups is 1. The molecule has 0 saturated heterocycles. The van der Waals surface area contributed by atoms with E-state index in [1.54, 1.807) is 0 Å². The average Bonchev–Trinajstić information content (AvgIpc) is 2.55. The number of primary amides is 1. The van der Waals surface area contributed by atoms with Gasteiger partial charge < -0.3 is 15.2 Å². The van der Waals surface area contributed by atoms with E-state index in [1.165, 1.54) is 0 Å². The van der Waals surface area contributed by atoms with Crippen molar-refractivity contribution in [1.82, 2.24) is 0 Å². The van der Waals surface area contributed by atoms with Crippen molar-refractivity contribution in [2.24, 2.45) is 5.73 Å². The lowest BCUT2D eigenvalue weighted by atomic mass is 10.1. The topological polar surface area (TPSA) is 61.6 Å². The minimum Gasteiger partial charge on any atom is -0.490 e. The molecule has 0 aliphatic carbocycles. The van der Waals surface area contributed by atoms with Crippen LogP contribution in [0.25, 0.3) is 0 Å². The van der Waals surface area contributed by atoms with Crippen molar-refractivity contribution in [3.8, 4) is 5.75 Å². The smallest absolute Gasteiger partial charge is 0.405 e. The van der Waals surface area contributed by atoms with Crippen LogP contribution in [0.2, 0.25) is 0 Å². The molecule has 2 aromatic rings. The van der Waals surface area contributed by atoms with Gasteiger partial charge in [0, 0.05) is 6.42 Å². The summed E-state index contributed by atoms with van der Waals surface area (Å²) in [7, 11) is 0. The monoisotopic (exact) mass is 297 g/mol. The molecule has 1 unspecified atom stereocenters. The zero-order valence-electron chi connectivity index (χ0n) is 12.2. The van der Waals surface area contributed by atoms with E-state index in [0.717, 1.165) is 11.3 Å². The normalized spacial score (nSPS) is 12.0. The molecule has 0 saturated carbocycles. The molecule has 2 N–H and O–H groups in total. The maximum atomic E-state index is 11.0. The standard InChI is InChI=1S/C18H19NO3/c19-18(20)22-17(15-9-3-1-4-10-15)13-7-8-14-21-16-11-5-2-6-12-16/h1-12,17H,13-14H2,(H2,19,20). The van der Waals surface area contributed by atoms with Gasteiger partial charge in [-0.25, -0.2) is 4.79 Å². The zero-order chi connectivity index (χ0) is 15.6. The summed E-state index contributed by atoms with van der Waals surface area (Å²) in [6.07, 6.45) is 3.21. The minimum absolute atomic E-state index is 0.383. The Morgan fingerprint density at radius 2 is 1.64 bits per heavy atom. The highest BCUT2D eigenvalue weighted by molar-refractivity contribution is 5.65. The Bertz CT molecular complexity index is 596. The molecule has 1 amide bonds. The molecule has 0 aromatic heterocycles. The van der Waals surface area contributed by atoms with Gasteiger partial charge in [-0.1, -0.05) is 60.7 Å². The van der Waals surface area contributed by atoms with Crippen molar-refractivity contribution >= 4 is 6.09 Å². The predicted molar refractivity (Wildman–Crippen MR) is 85.5 cm³/mol. The number of benzene rings is 2. The summed E-state index contributed by atoms with van der Waals surface area (Å²) in [6.45, 7) is 0.460. The van der Waals surface area contributed by atoms with Gasteiger partial charge in [0.2, 0.25) is 0 Å².